The fourth-order valence-corrected chi connectivity index (χ4v) is 3.46. The van der Waals surface area contributed by atoms with Crippen LogP contribution in [0.3, 0.4) is 0 Å². The number of anilines is 1. The van der Waals surface area contributed by atoms with Gasteiger partial charge in [0.1, 0.15) is 23.6 Å². The third kappa shape index (κ3) is 2.38. The van der Waals surface area contributed by atoms with E-state index >= 15 is 0 Å². The van der Waals surface area contributed by atoms with Crippen LogP contribution >= 0.6 is 0 Å². The summed E-state index contributed by atoms with van der Waals surface area (Å²) in [5.74, 6) is 0.807. The maximum atomic E-state index is 11.9. The number of hydrogen-bond donors (Lipinski definition) is 1. The van der Waals surface area contributed by atoms with Crippen molar-refractivity contribution in [2.45, 2.75) is 31.7 Å². The van der Waals surface area contributed by atoms with Crippen molar-refractivity contribution in [1.82, 2.24) is 14.5 Å². The maximum Gasteiger partial charge on any atom is 0.146 e. The number of nitrogens with zero attached hydrogens (tertiary/aromatic N) is 3. The van der Waals surface area contributed by atoms with E-state index in [9.17, 15) is 4.79 Å². The lowest BCUT2D eigenvalue weighted by molar-refractivity contribution is -0.121. The molecule has 0 aliphatic heterocycles. The second-order valence-electron chi connectivity index (χ2n) is 6.06. The molecule has 3 aromatic rings. The molecule has 5 nitrogen and oxygen atoms in total. The van der Waals surface area contributed by atoms with E-state index in [1.54, 1.807) is 0 Å². The van der Waals surface area contributed by atoms with E-state index in [0.29, 0.717) is 24.4 Å². The predicted octanol–water partition coefficient (Wildman–Crippen LogP) is 3.36. The standard InChI is InChI=1S/C18H18N4O/c19-17-16-15(12-5-2-1-3-6-12)10-22(18(16)21-11-20-17)13-7-4-8-14(23)9-13/h1-3,5-6,10-11,13H,4,7-9H2,(H2,19,20,21). The van der Waals surface area contributed by atoms with Gasteiger partial charge >= 0.3 is 0 Å². The summed E-state index contributed by atoms with van der Waals surface area (Å²) in [6, 6.07) is 10.3. The van der Waals surface area contributed by atoms with Crippen molar-refractivity contribution >= 4 is 22.6 Å². The molecule has 0 spiro atoms. The van der Waals surface area contributed by atoms with Gasteiger partial charge in [-0.25, -0.2) is 9.97 Å². The van der Waals surface area contributed by atoms with Gasteiger partial charge in [0.25, 0.3) is 0 Å². The minimum absolute atomic E-state index is 0.158. The van der Waals surface area contributed by atoms with E-state index in [4.69, 9.17) is 5.73 Å². The van der Waals surface area contributed by atoms with Gasteiger partial charge in [-0.15, -0.1) is 0 Å². The van der Waals surface area contributed by atoms with Crippen molar-refractivity contribution < 1.29 is 4.79 Å². The van der Waals surface area contributed by atoms with Gasteiger partial charge in [0.05, 0.1) is 5.39 Å². The molecule has 2 aromatic heterocycles. The molecule has 23 heavy (non-hydrogen) atoms. The molecule has 0 saturated heterocycles. The summed E-state index contributed by atoms with van der Waals surface area (Å²) in [6.45, 7) is 0. The lowest BCUT2D eigenvalue weighted by atomic mass is 9.94. The molecule has 1 saturated carbocycles. The van der Waals surface area contributed by atoms with Crippen LogP contribution in [-0.2, 0) is 4.79 Å². The van der Waals surface area contributed by atoms with Crippen LogP contribution in [0.1, 0.15) is 31.7 Å². The molecule has 0 bridgehead atoms. The smallest absolute Gasteiger partial charge is 0.146 e. The van der Waals surface area contributed by atoms with Crippen LogP contribution in [0.15, 0.2) is 42.9 Å². The monoisotopic (exact) mass is 306 g/mol. The average molecular weight is 306 g/mol. The van der Waals surface area contributed by atoms with E-state index in [2.05, 4.69) is 32.9 Å². The van der Waals surface area contributed by atoms with Crippen LogP contribution in [0.5, 0.6) is 0 Å². The molecule has 1 aliphatic carbocycles. The van der Waals surface area contributed by atoms with Gasteiger partial charge in [0, 0.05) is 30.6 Å². The molecule has 0 radical (unpaired) electrons. The number of fused-ring (bicyclic) bond motifs is 1. The van der Waals surface area contributed by atoms with Crippen molar-refractivity contribution in [3.05, 3.63) is 42.9 Å². The second kappa shape index (κ2) is 5.50. The Hall–Kier alpha value is -2.69. The third-order valence-corrected chi connectivity index (χ3v) is 4.57. The lowest BCUT2D eigenvalue weighted by Gasteiger charge is -2.22. The van der Waals surface area contributed by atoms with Gasteiger partial charge in [-0.05, 0) is 18.4 Å². The molecule has 4 rings (SSSR count). The van der Waals surface area contributed by atoms with Crippen LogP contribution in [0.4, 0.5) is 5.82 Å². The third-order valence-electron chi connectivity index (χ3n) is 4.57. The highest BCUT2D eigenvalue weighted by molar-refractivity contribution is 6.00. The van der Waals surface area contributed by atoms with Crippen molar-refractivity contribution in [2.75, 3.05) is 5.73 Å². The van der Waals surface area contributed by atoms with Crippen molar-refractivity contribution in [3.63, 3.8) is 0 Å². The summed E-state index contributed by atoms with van der Waals surface area (Å²) >= 11 is 0. The number of carbonyl (C=O) groups excluding carboxylic acids is 1. The summed E-state index contributed by atoms with van der Waals surface area (Å²) in [5, 5.41) is 0.872. The van der Waals surface area contributed by atoms with Gasteiger partial charge in [-0.2, -0.15) is 0 Å². The maximum absolute atomic E-state index is 11.9. The fourth-order valence-electron chi connectivity index (χ4n) is 3.46. The minimum Gasteiger partial charge on any atom is -0.383 e. The molecular weight excluding hydrogens is 288 g/mol. The quantitative estimate of drug-likeness (QED) is 0.787. The summed E-state index contributed by atoms with van der Waals surface area (Å²) in [6.07, 6.45) is 6.76. The van der Waals surface area contributed by atoms with E-state index in [1.165, 1.54) is 6.33 Å². The SMILES string of the molecule is Nc1ncnc2c1c(-c1ccccc1)cn2C1CCCC(=O)C1. The van der Waals surface area contributed by atoms with E-state index in [0.717, 1.165) is 35.0 Å². The molecule has 116 valence electrons. The molecule has 1 aromatic carbocycles. The zero-order chi connectivity index (χ0) is 15.8. The molecule has 2 heterocycles. The Morgan fingerprint density at radius 1 is 1.17 bits per heavy atom. The van der Waals surface area contributed by atoms with Gasteiger partial charge in [-0.1, -0.05) is 30.3 Å². The first-order valence-electron chi connectivity index (χ1n) is 7.92. The molecule has 1 unspecified atom stereocenters. The molecule has 2 N–H and O–H groups in total. The van der Waals surface area contributed by atoms with E-state index in [1.807, 2.05) is 18.2 Å². The molecule has 1 aliphatic rings. The molecule has 0 amide bonds. The number of aromatic nitrogens is 3. The van der Waals surface area contributed by atoms with Crippen molar-refractivity contribution in [1.29, 1.82) is 0 Å². The molecule has 1 fully saturated rings. The first-order chi connectivity index (χ1) is 11.2. The Morgan fingerprint density at radius 2 is 2.00 bits per heavy atom. The van der Waals surface area contributed by atoms with E-state index < -0.39 is 0 Å². The van der Waals surface area contributed by atoms with Gasteiger partial charge in [0.15, 0.2) is 0 Å². The number of ketones is 1. The highest BCUT2D eigenvalue weighted by atomic mass is 16.1. The number of benzene rings is 1. The Kier molecular flexibility index (Phi) is 3.33. The van der Waals surface area contributed by atoms with E-state index in [-0.39, 0.29) is 6.04 Å². The summed E-state index contributed by atoms with van der Waals surface area (Å²) in [4.78, 5) is 20.5. The van der Waals surface area contributed by atoms with Crippen LogP contribution in [-0.4, -0.2) is 20.3 Å². The minimum atomic E-state index is 0.158. The molecular formula is C18H18N4O. The lowest BCUT2D eigenvalue weighted by Crippen LogP contribution is -2.18. The molecule has 1 atom stereocenters. The average Bonchev–Trinajstić information content (AvgIpc) is 2.97. The largest absolute Gasteiger partial charge is 0.383 e. The topological polar surface area (TPSA) is 73.8 Å². The summed E-state index contributed by atoms with van der Waals surface area (Å²) in [5.41, 5.74) is 9.06. The summed E-state index contributed by atoms with van der Waals surface area (Å²) < 4.78 is 2.12. The van der Waals surface area contributed by atoms with Crippen molar-refractivity contribution in [3.8, 4) is 11.1 Å². The van der Waals surface area contributed by atoms with Crippen LogP contribution in [0, 0.1) is 0 Å². The van der Waals surface area contributed by atoms with Crippen LogP contribution in [0.2, 0.25) is 0 Å². The number of Topliss-reactive ketones (excluding diaryl/α,β-unsaturated/α-hetero) is 1. The van der Waals surface area contributed by atoms with Crippen LogP contribution in [0.25, 0.3) is 22.2 Å². The predicted molar refractivity (Wildman–Crippen MR) is 89.9 cm³/mol. The Balaban J connectivity index is 1.92. The summed E-state index contributed by atoms with van der Waals surface area (Å²) in [7, 11) is 0. The Bertz CT molecular complexity index is 869. The zero-order valence-electron chi connectivity index (χ0n) is 12.8. The Morgan fingerprint density at radius 3 is 2.78 bits per heavy atom. The number of carbonyl (C=O) groups is 1. The Labute approximate surface area is 134 Å². The number of nitrogen functional groups attached to an aromatic ring is 1. The highest BCUT2D eigenvalue weighted by Gasteiger charge is 2.24. The molecule has 5 heteroatoms. The van der Waals surface area contributed by atoms with Gasteiger partial charge < -0.3 is 10.3 Å². The van der Waals surface area contributed by atoms with Gasteiger partial charge in [-0.3, -0.25) is 4.79 Å². The normalized spacial score (nSPS) is 18.4. The highest BCUT2D eigenvalue weighted by Crippen LogP contribution is 2.37. The van der Waals surface area contributed by atoms with Crippen molar-refractivity contribution in [2.24, 2.45) is 0 Å². The van der Waals surface area contributed by atoms with Crippen LogP contribution < -0.4 is 5.73 Å². The second-order valence-corrected chi connectivity index (χ2v) is 6.06. The first kappa shape index (κ1) is 13.9. The van der Waals surface area contributed by atoms with Gasteiger partial charge in [0.2, 0.25) is 0 Å². The number of hydrogen-bond acceptors (Lipinski definition) is 4. The fraction of sp³-hybridized carbons (Fsp3) is 0.278. The first-order valence-corrected chi connectivity index (χ1v) is 7.92. The zero-order valence-corrected chi connectivity index (χ0v) is 12.8. The number of nitrogens with two attached hydrogens (primary N) is 1. The number of rotatable bonds is 2.